The number of benzene rings is 1. The van der Waals surface area contributed by atoms with Crippen LogP contribution in [0.25, 0.3) is 0 Å². The van der Waals surface area contributed by atoms with E-state index in [9.17, 15) is 4.39 Å². The molecule has 1 aromatic carbocycles. The monoisotopic (exact) mass is 485 g/mol. The third kappa shape index (κ3) is 4.22. The van der Waals surface area contributed by atoms with Crippen LogP contribution in [0.2, 0.25) is 0 Å². The van der Waals surface area contributed by atoms with Gasteiger partial charge in [-0.25, -0.2) is 7.50 Å². The highest BCUT2D eigenvalue weighted by molar-refractivity contribution is 14.1. The minimum absolute atomic E-state index is 0.0106. The van der Waals surface area contributed by atoms with Crippen LogP contribution >= 0.6 is 34.6 Å². The maximum absolute atomic E-state index is 14.2. The number of rotatable bonds is 7. The highest BCUT2D eigenvalue weighted by Gasteiger charge is 2.34. The molecule has 4 heteroatoms. The van der Waals surface area contributed by atoms with E-state index >= 15 is 0 Å². The third-order valence-corrected chi connectivity index (χ3v) is 8.12. The summed E-state index contributed by atoms with van der Waals surface area (Å²) in [7, 11) is 0. The fourth-order valence-corrected chi connectivity index (χ4v) is 7.06. The molecule has 0 amide bonds. The molecule has 1 nitrogen and oxygen atoms in total. The Balaban J connectivity index is 1.82. The lowest BCUT2D eigenvalue weighted by atomic mass is 9.82. The summed E-state index contributed by atoms with van der Waals surface area (Å²) in [5, 5.41) is 0. The number of halogens is 2. The molecule has 0 aromatic heterocycles. The summed E-state index contributed by atoms with van der Waals surface area (Å²) in [6.45, 7) is 7.91. The van der Waals surface area contributed by atoms with Crippen molar-refractivity contribution in [3.05, 3.63) is 53.4 Å². The molecule has 4 atom stereocenters. The van der Waals surface area contributed by atoms with Crippen LogP contribution in [0.4, 0.5) is 4.39 Å². The van der Waals surface area contributed by atoms with Crippen molar-refractivity contribution in [3.63, 3.8) is 0 Å². The molecule has 0 saturated carbocycles. The van der Waals surface area contributed by atoms with Gasteiger partial charge >= 0.3 is 0 Å². The van der Waals surface area contributed by atoms with Gasteiger partial charge in [-0.3, -0.25) is 0 Å². The molecule has 26 heavy (non-hydrogen) atoms. The van der Waals surface area contributed by atoms with Crippen molar-refractivity contribution < 1.29 is 4.39 Å². The van der Waals surface area contributed by atoms with Crippen molar-refractivity contribution in [1.29, 1.82) is 0 Å². The normalized spacial score (nSPS) is 24.0. The van der Waals surface area contributed by atoms with E-state index < -0.39 is 0 Å². The van der Waals surface area contributed by atoms with Crippen LogP contribution in [-0.2, 0) is 6.54 Å². The highest BCUT2D eigenvalue weighted by atomic mass is 127. The Hall–Kier alpha value is -0.330. The molecular formula is C22H29FINS. The molecule has 0 bridgehead atoms. The van der Waals surface area contributed by atoms with Gasteiger partial charge in [0.2, 0.25) is 0 Å². The summed E-state index contributed by atoms with van der Waals surface area (Å²) < 4.78 is 16.7. The second kappa shape index (κ2) is 9.24. The van der Waals surface area contributed by atoms with Gasteiger partial charge in [0, 0.05) is 57.9 Å². The van der Waals surface area contributed by atoms with Crippen LogP contribution < -0.4 is 0 Å². The molecule has 0 radical (unpaired) electrons. The minimum atomic E-state index is 0.0106. The zero-order chi connectivity index (χ0) is 18.7. The fourth-order valence-electron chi connectivity index (χ4n) is 4.35. The Kier molecular flexibility index (Phi) is 7.25. The zero-order valence-corrected chi connectivity index (χ0v) is 18.9. The maximum atomic E-state index is 14.2. The first-order valence-electron chi connectivity index (χ1n) is 9.77. The summed E-state index contributed by atoms with van der Waals surface area (Å²) in [4.78, 5) is 1.38. The smallest absolute Gasteiger partial charge is 0.105 e. The van der Waals surface area contributed by atoms with Gasteiger partial charge in [0.1, 0.15) is 5.83 Å². The summed E-state index contributed by atoms with van der Waals surface area (Å²) in [6.07, 6.45) is 9.38. The molecule has 0 spiro atoms. The Morgan fingerprint density at radius 3 is 2.88 bits per heavy atom. The second-order valence-corrected chi connectivity index (χ2v) is 9.78. The van der Waals surface area contributed by atoms with E-state index in [1.165, 1.54) is 35.3 Å². The number of nitrogens with zero attached hydrogens (tertiary/aromatic N) is 1. The van der Waals surface area contributed by atoms with E-state index in [2.05, 4.69) is 71.0 Å². The van der Waals surface area contributed by atoms with Crippen LogP contribution in [0.1, 0.15) is 57.1 Å². The maximum Gasteiger partial charge on any atom is 0.105 e. The molecule has 3 rings (SSSR count). The lowest BCUT2D eigenvalue weighted by Crippen LogP contribution is -2.32. The molecule has 0 N–H and O–H groups in total. The average molecular weight is 485 g/mol. The highest BCUT2D eigenvalue weighted by Crippen LogP contribution is 2.48. The molecule has 1 aromatic rings. The van der Waals surface area contributed by atoms with Crippen molar-refractivity contribution in [3.8, 4) is 0 Å². The summed E-state index contributed by atoms with van der Waals surface area (Å²) in [5.41, 5.74) is 2.70. The number of hydrogen-bond donors (Lipinski definition) is 0. The molecule has 1 aliphatic heterocycles. The van der Waals surface area contributed by atoms with Crippen LogP contribution in [0.5, 0.6) is 0 Å². The molecule has 0 saturated heterocycles. The molecule has 0 fully saturated rings. The van der Waals surface area contributed by atoms with Crippen LogP contribution in [0, 0.1) is 11.8 Å². The molecular weight excluding hydrogens is 456 g/mol. The van der Waals surface area contributed by atoms with E-state index in [4.69, 9.17) is 0 Å². The van der Waals surface area contributed by atoms with E-state index in [1.54, 1.807) is 6.08 Å². The summed E-state index contributed by atoms with van der Waals surface area (Å²) in [5.74, 6) is 1.79. The van der Waals surface area contributed by atoms with E-state index in [0.29, 0.717) is 12.0 Å². The quantitative estimate of drug-likeness (QED) is 0.295. The topological polar surface area (TPSA) is 3.24 Å². The van der Waals surface area contributed by atoms with Gasteiger partial charge in [-0.1, -0.05) is 57.5 Å². The zero-order valence-electron chi connectivity index (χ0n) is 15.9. The predicted octanol–water partition coefficient (Wildman–Crippen LogP) is 7.28. The molecule has 3 unspecified atom stereocenters. The Morgan fingerprint density at radius 2 is 2.15 bits per heavy atom. The molecule has 142 valence electrons. The van der Waals surface area contributed by atoms with Crippen molar-refractivity contribution in [1.82, 2.24) is 3.11 Å². The third-order valence-electron chi connectivity index (χ3n) is 5.76. The molecule has 2 aliphatic rings. The second-order valence-electron chi connectivity index (χ2n) is 7.51. The van der Waals surface area contributed by atoms with Gasteiger partial charge in [0.05, 0.1) is 0 Å². The lowest BCUT2D eigenvalue weighted by molar-refractivity contribution is 0.261. The fraction of sp³-hybridized carbons (Fsp3) is 0.545. The van der Waals surface area contributed by atoms with Gasteiger partial charge in [0.25, 0.3) is 0 Å². The Morgan fingerprint density at radius 1 is 1.35 bits per heavy atom. The first-order valence-corrected chi connectivity index (χ1v) is 11.7. The Labute approximate surface area is 176 Å². The number of thioether (sulfide) groups is 1. The largest absolute Gasteiger partial charge is 0.240 e. The summed E-state index contributed by atoms with van der Waals surface area (Å²) in [6, 6.07) is 7.21. The van der Waals surface area contributed by atoms with Crippen molar-refractivity contribution in [2.24, 2.45) is 11.8 Å². The van der Waals surface area contributed by atoms with Crippen molar-refractivity contribution in [2.75, 3.05) is 5.75 Å². The first-order chi connectivity index (χ1) is 12.6. The van der Waals surface area contributed by atoms with Gasteiger partial charge in [-0.2, -0.15) is 0 Å². The predicted molar refractivity (Wildman–Crippen MR) is 119 cm³/mol. The van der Waals surface area contributed by atoms with Crippen LogP contribution in [0.15, 0.2) is 47.1 Å². The summed E-state index contributed by atoms with van der Waals surface area (Å²) >= 11 is 4.36. The van der Waals surface area contributed by atoms with Crippen molar-refractivity contribution >= 4 is 34.6 Å². The number of allylic oxidation sites excluding steroid dienone is 4. The van der Waals surface area contributed by atoms with E-state index in [1.807, 2.05) is 17.8 Å². The van der Waals surface area contributed by atoms with Crippen LogP contribution in [-0.4, -0.2) is 14.9 Å². The lowest BCUT2D eigenvalue weighted by Gasteiger charge is -2.35. The minimum Gasteiger partial charge on any atom is -0.240 e. The van der Waals surface area contributed by atoms with Gasteiger partial charge < -0.3 is 0 Å². The van der Waals surface area contributed by atoms with E-state index in [0.717, 1.165) is 12.3 Å². The first kappa shape index (κ1) is 20.4. The molecule has 1 aliphatic carbocycles. The Bertz CT molecular complexity index is 687. The number of fused-ring (bicyclic) bond motifs is 3. The molecule has 1 heterocycles. The van der Waals surface area contributed by atoms with Gasteiger partial charge in [-0.15, -0.1) is 11.8 Å². The van der Waals surface area contributed by atoms with E-state index in [-0.39, 0.29) is 17.7 Å². The van der Waals surface area contributed by atoms with Crippen molar-refractivity contribution in [2.45, 2.75) is 63.4 Å². The standard InChI is InChI=1S/C22H29FINS/c1-4-8-15(3)21(5-2)25(24)13-16-9-6-11-18-17-10-7-12-20(23)19(17)14-26-22(16)18/h6-7,9-12,15,17,19,21H,4-5,8,13-14H2,1-3H3/t15?,17?,19-,21?/m1/s1. The van der Waals surface area contributed by atoms with Crippen LogP contribution in [0.3, 0.4) is 0 Å². The SMILES string of the molecule is CCCC(C)C(CC)N(I)Cc1cccc2c1SC[C@H]1C(F)=CC=CC21. The number of hydrogen-bond acceptors (Lipinski definition) is 2. The average Bonchev–Trinajstić information content (AvgIpc) is 2.63. The van der Waals surface area contributed by atoms with Gasteiger partial charge in [0.15, 0.2) is 0 Å². The van der Waals surface area contributed by atoms with Gasteiger partial charge in [-0.05, 0) is 36.0 Å².